The molecule has 1 saturated heterocycles. The average Bonchev–Trinajstić information content (AvgIpc) is 3.18. The molecule has 3 aromatic rings. The SMILES string of the molecule is CCOc1cc(C=C2SC(=Nc3cccc(C(=O)O)c3)N(CC)C2=O)cc(Br)c1OCc1ccc(F)cc1. The standard InChI is InChI=1S/C28H24BrFN2O5S/c1-3-32-26(33)24(38-28(32)31-21-7-5-6-19(15-21)27(34)35)14-18-12-22(29)25(23(13-18)36-4-2)37-16-17-8-10-20(30)11-9-17/h5-15H,3-4,16H2,1-2H3,(H,34,35). The number of amidine groups is 1. The molecule has 1 aliphatic rings. The second-order valence-corrected chi connectivity index (χ2v) is 9.95. The van der Waals surface area contributed by atoms with Gasteiger partial charge in [-0.3, -0.25) is 9.69 Å². The van der Waals surface area contributed by atoms with Gasteiger partial charge in [-0.1, -0.05) is 18.2 Å². The van der Waals surface area contributed by atoms with Crippen LogP contribution in [0.4, 0.5) is 10.1 Å². The Morgan fingerprint density at radius 3 is 2.58 bits per heavy atom. The number of hydrogen-bond donors (Lipinski definition) is 1. The Kier molecular flexibility index (Phi) is 8.85. The third kappa shape index (κ3) is 6.43. The monoisotopic (exact) mass is 598 g/mol. The zero-order valence-electron chi connectivity index (χ0n) is 20.6. The van der Waals surface area contributed by atoms with E-state index in [2.05, 4.69) is 20.9 Å². The molecule has 0 saturated carbocycles. The van der Waals surface area contributed by atoms with Gasteiger partial charge in [-0.25, -0.2) is 14.2 Å². The van der Waals surface area contributed by atoms with Gasteiger partial charge >= 0.3 is 5.97 Å². The Balaban J connectivity index is 1.61. The number of rotatable bonds is 9. The lowest BCUT2D eigenvalue weighted by Gasteiger charge is -2.15. The van der Waals surface area contributed by atoms with Gasteiger partial charge in [0.2, 0.25) is 0 Å². The van der Waals surface area contributed by atoms with E-state index >= 15 is 0 Å². The van der Waals surface area contributed by atoms with Crippen molar-refractivity contribution in [2.24, 2.45) is 4.99 Å². The topological polar surface area (TPSA) is 88.4 Å². The number of hydrogen-bond acceptors (Lipinski definition) is 6. The molecular formula is C28H24BrFN2O5S. The molecule has 38 heavy (non-hydrogen) atoms. The van der Waals surface area contributed by atoms with Gasteiger partial charge in [0, 0.05) is 6.54 Å². The number of aliphatic imine (C=N–C) groups is 1. The van der Waals surface area contributed by atoms with Crippen molar-refractivity contribution in [2.45, 2.75) is 20.5 Å². The second kappa shape index (κ2) is 12.3. The number of thioether (sulfide) groups is 1. The van der Waals surface area contributed by atoms with Gasteiger partial charge in [0.25, 0.3) is 5.91 Å². The fourth-order valence-electron chi connectivity index (χ4n) is 3.65. The van der Waals surface area contributed by atoms with Gasteiger partial charge in [0.15, 0.2) is 16.7 Å². The van der Waals surface area contributed by atoms with Gasteiger partial charge < -0.3 is 14.6 Å². The molecule has 0 bridgehead atoms. The second-order valence-electron chi connectivity index (χ2n) is 8.09. The molecule has 0 aliphatic carbocycles. The summed E-state index contributed by atoms with van der Waals surface area (Å²) in [4.78, 5) is 31.0. The maximum atomic E-state index is 13.2. The van der Waals surface area contributed by atoms with E-state index in [1.165, 1.54) is 36.0 Å². The molecule has 1 aliphatic heterocycles. The number of aromatic carboxylic acids is 1. The fourth-order valence-corrected chi connectivity index (χ4v) is 5.29. The summed E-state index contributed by atoms with van der Waals surface area (Å²) < 4.78 is 25.6. The molecule has 7 nitrogen and oxygen atoms in total. The number of carbonyl (C=O) groups excluding carboxylic acids is 1. The number of nitrogens with zero attached hydrogens (tertiary/aromatic N) is 2. The minimum absolute atomic E-state index is 0.120. The van der Waals surface area contributed by atoms with Gasteiger partial charge in [0.1, 0.15) is 12.4 Å². The van der Waals surface area contributed by atoms with Crippen molar-refractivity contribution in [1.29, 1.82) is 0 Å². The molecule has 0 atom stereocenters. The normalized spacial score (nSPS) is 15.4. The molecule has 0 aromatic heterocycles. The van der Waals surface area contributed by atoms with Crippen molar-refractivity contribution >= 4 is 56.5 Å². The lowest BCUT2D eigenvalue weighted by atomic mass is 10.1. The summed E-state index contributed by atoms with van der Waals surface area (Å²) in [5.74, 6) is -0.560. The largest absolute Gasteiger partial charge is 0.490 e. The van der Waals surface area contributed by atoms with E-state index in [-0.39, 0.29) is 23.9 Å². The summed E-state index contributed by atoms with van der Waals surface area (Å²) in [6.45, 7) is 4.75. The highest BCUT2D eigenvalue weighted by atomic mass is 79.9. The Hall–Kier alpha value is -3.63. The summed E-state index contributed by atoms with van der Waals surface area (Å²) in [5.41, 5.74) is 2.09. The Morgan fingerprint density at radius 1 is 1.13 bits per heavy atom. The fraction of sp³-hybridized carbons (Fsp3) is 0.179. The van der Waals surface area contributed by atoms with E-state index in [1.54, 1.807) is 41.3 Å². The summed E-state index contributed by atoms with van der Waals surface area (Å²) in [5, 5.41) is 9.72. The first-order chi connectivity index (χ1) is 18.3. The molecule has 196 valence electrons. The van der Waals surface area contributed by atoms with Gasteiger partial charge in [0.05, 0.1) is 27.2 Å². The van der Waals surface area contributed by atoms with Crippen LogP contribution in [0.25, 0.3) is 6.08 Å². The summed E-state index contributed by atoms with van der Waals surface area (Å²) in [7, 11) is 0. The first-order valence-electron chi connectivity index (χ1n) is 11.8. The molecule has 10 heteroatoms. The molecule has 3 aromatic carbocycles. The highest BCUT2D eigenvalue weighted by Crippen LogP contribution is 2.40. The average molecular weight is 599 g/mol. The van der Waals surface area contributed by atoms with Crippen molar-refractivity contribution < 1.29 is 28.6 Å². The number of ether oxygens (including phenoxy) is 2. The zero-order valence-corrected chi connectivity index (χ0v) is 23.0. The number of carbonyl (C=O) groups is 2. The van der Waals surface area contributed by atoms with Crippen LogP contribution in [0, 0.1) is 5.82 Å². The predicted octanol–water partition coefficient (Wildman–Crippen LogP) is 6.89. The lowest BCUT2D eigenvalue weighted by Crippen LogP contribution is -2.28. The van der Waals surface area contributed by atoms with E-state index in [0.29, 0.717) is 44.9 Å². The van der Waals surface area contributed by atoms with Gasteiger partial charge in [-0.15, -0.1) is 0 Å². The number of likely N-dealkylation sites (N-methyl/N-ethyl adjacent to an activating group) is 1. The Morgan fingerprint density at radius 2 is 1.89 bits per heavy atom. The maximum absolute atomic E-state index is 13.2. The Bertz CT molecular complexity index is 1430. The van der Waals surface area contributed by atoms with Crippen LogP contribution in [0.2, 0.25) is 0 Å². The number of carboxylic acid groups (broad SMARTS) is 1. The van der Waals surface area contributed by atoms with Crippen LogP contribution >= 0.6 is 27.7 Å². The molecule has 1 amide bonds. The number of amides is 1. The van der Waals surface area contributed by atoms with Gasteiger partial charge in [-0.05, 0) is 101 Å². The van der Waals surface area contributed by atoms with Crippen molar-refractivity contribution in [3.8, 4) is 11.5 Å². The molecule has 1 N–H and O–H groups in total. The first-order valence-corrected chi connectivity index (χ1v) is 13.4. The van der Waals surface area contributed by atoms with Crippen molar-refractivity contribution in [3.63, 3.8) is 0 Å². The molecule has 1 fully saturated rings. The van der Waals surface area contributed by atoms with E-state index in [4.69, 9.17) is 9.47 Å². The third-order valence-electron chi connectivity index (χ3n) is 5.45. The smallest absolute Gasteiger partial charge is 0.335 e. The zero-order chi connectivity index (χ0) is 27.2. The van der Waals surface area contributed by atoms with Crippen molar-refractivity contribution in [2.75, 3.05) is 13.2 Å². The van der Waals surface area contributed by atoms with Crippen LogP contribution in [0.5, 0.6) is 11.5 Å². The minimum Gasteiger partial charge on any atom is -0.490 e. The first kappa shape index (κ1) is 27.4. The summed E-state index contributed by atoms with van der Waals surface area (Å²) in [6, 6.07) is 15.9. The molecule has 4 rings (SSSR count). The molecule has 1 heterocycles. The van der Waals surface area contributed by atoms with E-state index in [1.807, 2.05) is 19.9 Å². The van der Waals surface area contributed by atoms with Crippen LogP contribution in [0.3, 0.4) is 0 Å². The highest BCUT2D eigenvalue weighted by Gasteiger charge is 2.32. The number of carboxylic acids is 1. The lowest BCUT2D eigenvalue weighted by molar-refractivity contribution is -0.122. The molecule has 0 radical (unpaired) electrons. The van der Waals surface area contributed by atoms with E-state index in [0.717, 1.165) is 11.1 Å². The molecular weight excluding hydrogens is 575 g/mol. The van der Waals surface area contributed by atoms with Crippen LogP contribution in [0.1, 0.15) is 35.3 Å². The summed E-state index contributed by atoms with van der Waals surface area (Å²) >= 11 is 4.77. The molecule has 0 spiro atoms. The summed E-state index contributed by atoms with van der Waals surface area (Å²) in [6.07, 6.45) is 1.75. The van der Waals surface area contributed by atoms with Crippen LogP contribution in [0.15, 0.2) is 75.0 Å². The van der Waals surface area contributed by atoms with Crippen LogP contribution < -0.4 is 9.47 Å². The van der Waals surface area contributed by atoms with Crippen molar-refractivity contribution in [3.05, 3.63) is 92.5 Å². The minimum atomic E-state index is -1.05. The maximum Gasteiger partial charge on any atom is 0.335 e. The van der Waals surface area contributed by atoms with Crippen LogP contribution in [-0.2, 0) is 11.4 Å². The molecule has 0 unspecified atom stereocenters. The quantitative estimate of drug-likeness (QED) is 0.270. The number of halogens is 2. The van der Waals surface area contributed by atoms with Crippen LogP contribution in [-0.4, -0.2) is 40.2 Å². The predicted molar refractivity (Wildman–Crippen MR) is 149 cm³/mol. The number of benzene rings is 3. The van der Waals surface area contributed by atoms with Gasteiger partial charge in [-0.2, -0.15) is 0 Å². The highest BCUT2D eigenvalue weighted by molar-refractivity contribution is 9.10. The van der Waals surface area contributed by atoms with E-state index in [9.17, 15) is 19.1 Å². The van der Waals surface area contributed by atoms with Crippen molar-refractivity contribution in [1.82, 2.24) is 4.90 Å². The van der Waals surface area contributed by atoms with E-state index < -0.39 is 5.97 Å². The third-order valence-corrected chi connectivity index (χ3v) is 7.04. The Labute approximate surface area is 232 Å².